The molecule has 0 fully saturated rings. The molecule has 1 amide bonds. The zero-order chi connectivity index (χ0) is 15.5. The Hall–Kier alpha value is -2.38. The van der Waals surface area contributed by atoms with Gasteiger partial charge in [-0.05, 0) is 29.8 Å². The fourth-order valence-electron chi connectivity index (χ4n) is 1.88. The molecule has 7 heteroatoms. The van der Waals surface area contributed by atoms with Gasteiger partial charge in [0.2, 0.25) is 5.91 Å². The Labute approximate surface area is 122 Å². The summed E-state index contributed by atoms with van der Waals surface area (Å²) in [4.78, 5) is 11.2. The molecule has 5 N–H and O–H groups in total. The summed E-state index contributed by atoms with van der Waals surface area (Å²) in [5.74, 6) is -0.626. The number of anilines is 1. The number of amides is 1. The van der Waals surface area contributed by atoms with Crippen molar-refractivity contribution in [2.45, 2.75) is 11.4 Å². The molecule has 0 bridgehead atoms. The van der Waals surface area contributed by atoms with Crippen LogP contribution in [0.5, 0.6) is 0 Å². The molecule has 0 atom stereocenters. The Morgan fingerprint density at radius 1 is 1.10 bits per heavy atom. The van der Waals surface area contributed by atoms with Crippen LogP contribution in [0.25, 0.3) is 0 Å². The van der Waals surface area contributed by atoms with Gasteiger partial charge >= 0.3 is 0 Å². The first kappa shape index (κ1) is 15.0. The molecule has 0 saturated heterocycles. The van der Waals surface area contributed by atoms with E-state index in [4.69, 9.17) is 11.5 Å². The highest BCUT2D eigenvalue weighted by Crippen LogP contribution is 2.20. The number of rotatable bonds is 5. The summed E-state index contributed by atoms with van der Waals surface area (Å²) >= 11 is 0. The number of hydrogen-bond donors (Lipinski definition) is 3. The van der Waals surface area contributed by atoms with E-state index in [9.17, 15) is 13.2 Å². The minimum absolute atomic E-state index is 0.108. The van der Waals surface area contributed by atoms with Gasteiger partial charge in [0, 0.05) is 17.8 Å². The van der Waals surface area contributed by atoms with Gasteiger partial charge in [-0.25, -0.2) is 8.42 Å². The maximum atomic E-state index is 12.4. The summed E-state index contributed by atoms with van der Waals surface area (Å²) in [5, 5.41) is 0. The number of benzene rings is 2. The van der Waals surface area contributed by atoms with Gasteiger partial charge < -0.3 is 11.5 Å². The number of carbonyl (C=O) groups is 1. The topological polar surface area (TPSA) is 115 Å². The second-order valence-electron chi connectivity index (χ2n) is 4.36. The molecule has 2 aromatic rings. The van der Waals surface area contributed by atoms with Gasteiger partial charge in [-0.3, -0.25) is 9.52 Å². The summed E-state index contributed by atoms with van der Waals surface area (Å²) in [7, 11) is -3.78. The quantitative estimate of drug-likeness (QED) is 0.765. The van der Waals surface area contributed by atoms with Crippen LogP contribution >= 0.6 is 0 Å². The lowest BCUT2D eigenvalue weighted by Gasteiger charge is -2.11. The maximum absolute atomic E-state index is 12.4. The first-order chi connectivity index (χ1) is 9.94. The van der Waals surface area contributed by atoms with Gasteiger partial charge in [0.15, 0.2) is 0 Å². The predicted octanol–water partition coefficient (Wildman–Crippen LogP) is 1.05. The molecule has 0 saturated carbocycles. The maximum Gasteiger partial charge on any atom is 0.262 e. The van der Waals surface area contributed by atoms with Gasteiger partial charge in [-0.15, -0.1) is 0 Å². The average Bonchev–Trinajstić information content (AvgIpc) is 2.47. The van der Waals surface area contributed by atoms with E-state index in [1.165, 1.54) is 24.3 Å². The van der Waals surface area contributed by atoms with Crippen molar-refractivity contribution in [1.82, 2.24) is 0 Å². The Bertz CT molecular complexity index is 773. The first-order valence-corrected chi connectivity index (χ1v) is 7.63. The summed E-state index contributed by atoms with van der Waals surface area (Å²) in [6.45, 7) is 0.110. The van der Waals surface area contributed by atoms with Crippen LogP contribution in [0.3, 0.4) is 0 Å². The zero-order valence-corrected chi connectivity index (χ0v) is 11.9. The largest absolute Gasteiger partial charge is 0.366 e. The SMILES string of the molecule is NCc1ccccc1S(=O)(=O)Nc1cccc(C(N)=O)c1. The van der Waals surface area contributed by atoms with Crippen LogP contribution in [-0.2, 0) is 16.6 Å². The highest BCUT2D eigenvalue weighted by molar-refractivity contribution is 7.92. The van der Waals surface area contributed by atoms with Crippen LogP contribution in [0, 0.1) is 0 Å². The molecule has 21 heavy (non-hydrogen) atoms. The van der Waals surface area contributed by atoms with Crippen molar-refractivity contribution < 1.29 is 13.2 Å². The summed E-state index contributed by atoms with van der Waals surface area (Å²) < 4.78 is 27.2. The van der Waals surface area contributed by atoms with Crippen LogP contribution in [0.1, 0.15) is 15.9 Å². The second kappa shape index (κ2) is 5.94. The van der Waals surface area contributed by atoms with Crippen LogP contribution in [-0.4, -0.2) is 14.3 Å². The molecule has 0 aromatic heterocycles. The lowest BCUT2D eigenvalue weighted by Crippen LogP contribution is -2.17. The van der Waals surface area contributed by atoms with Crippen molar-refractivity contribution in [2.24, 2.45) is 11.5 Å². The smallest absolute Gasteiger partial charge is 0.262 e. The number of primary amides is 1. The zero-order valence-electron chi connectivity index (χ0n) is 11.1. The number of nitrogens with two attached hydrogens (primary N) is 2. The van der Waals surface area contributed by atoms with Crippen LogP contribution in [0.15, 0.2) is 53.4 Å². The van der Waals surface area contributed by atoms with E-state index in [-0.39, 0.29) is 22.7 Å². The fraction of sp³-hybridized carbons (Fsp3) is 0.0714. The third kappa shape index (κ3) is 3.39. The molecule has 6 nitrogen and oxygen atoms in total. The summed E-state index contributed by atoms with van der Waals surface area (Å²) in [5.41, 5.74) is 11.7. The van der Waals surface area contributed by atoms with Crippen LogP contribution in [0.2, 0.25) is 0 Å². The Balaban J connectivity index is 2.38. The molecule has 0 heterocycles. The lowest BCUT2D eigenvalue weighted by molar-refractivity contribution is 0.100. The van der Waals surface area contributed by atoms with E-state index in [0.717, 1.165) is 0 Å². The number of carbonyl (C=O) groups excluding carboxylic acids is 1. The molecule has 0 spiro atoms. The first-order valence-electron chi connectivity index (χ1n) is 6.14. The number of sulfonamides is 1. The van der Waals surface area contributed by atoms with Crippen molar-refractivity contribution >= 4 is 21.6 Å². The van der Waals surface area contributed by atoms with Crippen LogP contribution in [0.4, 0.5) is 5.69 Å². The fourth-order valence-corrected chi connectivity index (χ4v) is 3.18. The molecular weight excluding hydrogens is 290 g/mol. The van der Waals surface area contributed by atoms with E-state index in [1.54, 1.807) is 24.3 Å². The van der Waals surface area contributed by atoms with E-state index in [0.29, 0.717) is 5.56 Å². The van der Waals surface area contributed by atoms with Crippen molar-refractivity contribution in [2.75, 3.05) is 4.72 Å². The third-order valence-electron chi connectivity index (χ3n) is 2.88. The number of nitrogens with one attached hydrogen (secondary N) is 1. The Morgan fingerprint density at radius 3 is 2.48 bits per heavy atom. The molecule has 0 unspecified atom stereocenters. The van der Waals surface area contributed by atoms with E-state index < -0.39 is 15.9 Å². The molecule has 2 aromatic carbocycles. The van der Waals surface area contributed by atoms with E-state index in [2.05, 4.69) is 4.72 Å². The molecule has 0 aliphatic rings. The highest BCUT2D eigenvalue weighted by Gasteiger charge is 2.17. The van der Waals surface area contributed by atoms with Crippen molar-refractivity contribution in [1.29, 1.82) is 0 Å². The minimum Gasteiger partial charge on any atom is -0.366 e. The van der Waals surface area contributed by atoms with E-state index >= 15 is 0 Å². The normalized spacial score (nSPS) is 11.1. The molecule has 110 valence electrons. The van der Waals surface area contributed by atoms with Crippen molar-refractivity contribution in [3.05, 3.63) is 59.7 Å². The summed E-state index contributed by atoms with van der Waals surface area (Å²) in [6, 6.07) is 12.4. The van der Waals surface area contributed by atoms with Gasteiger partial charge in [-0.1, -0.05) is 24.3 Å². The Morgan fingerprint density at radius 2 is 1.81 bits per heavy atom. The highest BCUT2D eigenvalue weighted by atomic mass is 32.2. The standard InChI is InChI=1S/C14H15N3O3S/c15-9-11-4-1-2-7-13(11)21(19,20)17-12-6-3-5-10(8-12)14(16)18/h1-8,17H,9,15H2,(H2,16,18). The number of hydrogen-bond acceptors (Lipinski definition) is 4. The lowest BCUT2D eigenvalue weighted by atomic mass is 10.2. The predicted molar refractivity (Wildman–Crippen MR) is 80.1 cm³/mol. The second-order valence-corrected chi connectivity index (χ2v) is 6.01. The van der Waals surface area contributed by atoms with Gasteiger partial charge in [0.1, 0.15) is 0 Å². The monoisotopic (exact) mass is 305 g/mol. The van der Waals surface area contributed by atoms with Gasteiger partial charge in [0.25, 0.3) is 10.0 Å². The molecule has 2 rings (SSSR count). The average molecular weight is 305 g/mol. The third-order valence-corrected chi connectivity index (χ3v) is 4.36. The summed E-state index contributed by atoms with van der Waals surface area (Å²) in [6.07, 6.45) is 0. The van der Waals surface area contributed by atoms with Gasteiger partial charge in [-0.2, -0.15) is 0 Å². The molecular formula is C14H15N3O3S. The van der Waals surface area contributed by atoms with Crippen LogP contribution < -0.4 is 16.2 Å². The molecule has 0 aliphatic carbocycles. The Kier molecular flexibility index (Phi) is 4.25. The van der Waals surface area contributed by atoms with Gasteiger partial charge in [0.05, 0.1) is 4.90 Å². The van der Waals surface area contributed by atoms with E-state index in [1.807, 2.05) is 0 Å². The molecule has 0 radical (unpaired) electrons. The minimum atomic E-state index is -3.78. The molecule has 0 aliphatic heterocycles. The van der Waals surface area contributed by atoms with Crippen molar-refractivity contribution in [3.8, 4) is 0 Å². The van der Waals surface area contributed by atoms with Crippen molar-refractivity contribution in [3.63, 3.8) is 0 Å².